The van der Waals surface area contributed by atoms with Crippen LogP contribution in [0, 0.1) is 0 Å². The van der Waals surface area contributed by atoms with Gasteiger partial charge in [-0.1, -0.05) is 13.8 Å². The van der Waals surface area contributed by atoms with E-state index in [9.17, 15) is 0 Å². The Balaban J connectivity index is 1.71. The van der Waals surface area contributed by atoms with E-state index in [0.717, 1.165) is 32.9 Å². The molecule has 0 spiro atoms. The monoisotopic (exact) mass is 301 g/mol. The lowest BCUT2D eigenvalue weighted by atomic mass is 10.3. The molecule has 2 atom stereocenters. The van der Waals surface area contributed by atoms with Crippen LogP contribution in [0.3, 0.4) is 0 Å². The van der Waals surface area contributed by atoms with Crippen molar-refractivity contribution in [3.05, 3.63) is 0 Å². The molecule has 20 heavy (non-hydrogen) atoms. The molecule has 0 radical (unpaired) electrons. The zero-order valence-electron chi connectivity index (χ0n) is 13.4. The average Bonchev–Trinajstić information content (AvgIpc) is 3.34. The molecule has 2 aliphatic rings. The van der Waals surface area contributed by atoms with Crippen LogP contribution < -0.4 is 0 Å². The first-order valence-electron chi connectivity index (χ1n) is 8.31. The van der Waals surface area contributed by atoms with E-state index < -0.39 is 8.32 Å². The molecule has 2 fully saturated rings. The van der Waals surface area contributed by atoms with E-state index in [1.54, 1.807) is 0 Å². The van der Waals surface area contributed by atoms with Crippen LogP contribution in [0.5, 0.6) is 0 Å². The van der Waals surface area contributed by atoms with Gasteiger partial charge in [-0.25, -0.2) is 0 Å². The van der Waals surface area contributed by atoms with Gasteiger partial charge >= 0.3 is 0 Å². The summed E-state index contributed by atoms with van der Waals surface area (Å²) in [4.78, 5) is 2.53. The highest BCUT2D eigenvalue weighted by Crippen LogP contribution is 2.24. The SMILES string of the molecule is CCO[Si](CC)(CC)CCCN(CC1CO1)CC1CO1. The number of rotatable bonds is 12. The fourth-order valence-corrected chi connectivity index (χ4v) is 6.17. The Labute approximate surface area is 124 Å². The molecular formula is C15H31NO3Si. The molecule has 5 heteroatoms. The van der Waals surface area contributed by atoms with Crippen molar-refractivity contribution in [1.82, 2.24) is 4.90 Å². The summed E-state index contributed by atoms with van der Waals surface area (Å²) >= 11 is 0. The normalized spacial score (nSPS) is 25.2. The quantitative estimate of drug-likeness (QED) is 0.410. The van der Waals surface area contributed by atoms with Crippen molar-refractivity contribution in [3.8, 4) is 0 Å². The Morgan fingerprint density at radius 1 is 1.05 bits per heavy atom. The molecule has 2 heterocycles. The van der Waals surface area contributed by atoms with E-state index in [1.165, 1.54) is 31.1 Å². The molecule has 0 aliphatic carbocycles. The minimum Gasteiger partial charge on any atom is -0.417 e. The summed E-state index contributed by atoms with van der Waals surface area (Å²) in [5.41, 5.74) is 0. The Morgan fingerprint density at radius 3 is 2.00 bits per heavy atom. The summed E-state index contributed by atoms with van der Waals surface area (Å²) in [6, 6.07) is 3.78. The standard InChI is InChI=1S/C15H31NO3Si/c1-4-19-20(5-2,6-3)9-7-8-16(10-14-12-17-14)11-15-13-18-15/h14-15H,4-13H2,1-3H3. The van der Waals surface area contributed by atoms with E-state index in [0.29, 0.717) is 12.2 Å². The van der Waals surface area contributed by atoms with Gasteiger partial charge in [0, 0.05) is 19.7 Å². The van der Waals surface area contributed by atoms with Crippen LogP contribution >= 0.6 is 0 Å². The van der Waals surface area contributed by atoms with Gasteiger partial charge in [-0.2, -0.15) is 0 Å². The van der Waals surface area contributed by atoms with E-state index in [2.05, 4.69) is 25.7 Å². The molecule has 0 aromatic carbocycles. The van der Waals surface area contributed by atoms with Crippen LogP contribution in [0.25, 0.3) is 0 Å². The first-order valence-corrected chi connectivity index (χ1v) is 10.8. The second-order valence-electron chi connectivity index (χ2n) is 6.10. The number of nitrogens with zero attached hydrogens (tertiary/aromatic N) is 1. The van der Waals surface area contributed by atoms with Gasteiger partial charge in [0.2, 0.25) is 0 Å². The summed E-state index contributed by atoms with van der Waals surface area (Å²) in [5.74, 6) is 0. The number of hydrogen-bond acceptors (Lipinski definition) is 4. The number of ether oxygens (including phenoxy) is 2. The maximum absolute atomic E-state index is 6.17. The second kappa shape index (κ2) is 7.89. The topological polar surface area (TPSA) is 37.5 Å². The van der Waals surface area contributed by atoms with Gasteiger partial charge in [0.15, 0.2) is 8.32 Å². The smallest absolute Gasteiger partial charge is 0.192 e. The van der Waals surface area contributed by atoms with Crippen molar-refractivity contribution in [1.29, 1.82) is 0 Å². The van der Waals surface area contributed by atoms with E-state index in [4.69, 9.17) is 13.9 Å². The average molecular weight is 302 g/mol. The minimum absolute atomic E-state index is 0.486. The predicted octanol–water partition coefficient (Wildman–Crippen LogP) is 2.50. The maximum atomic E-state index is 6.17. The van der Waals surface area contributed by atoms with Gasteiger partial charge < -0.3 is 13.9 Å². The van der Waals surface area contributed by atoms with Crippen molar-refractivity contribution in [3.63, 3.8) is 0 Å². The Morgan fingerprint density at radius 2 is 1.60 bits per heavy atom. The summed E-state index contributed by atoms with van der Waals surface area (Å²) < 4.78 is 16.9. The summed E-state index contributed by atoms with van der Waals surface area (Å²) in [5, 5.41) is 0. The molecule has 0 saturated carbocycles. The van der Waals surface area contributed by atoms with Crippen molar-refractivity contribution in [2.75, 3.05) is 39.5 Å². The fraction of sp³-hybridized carbons (Fsp3) is 1.00. The van der Waals surface area contributed by atoms with E-state index in [1.807, 2.05) is 0 Å². The van der Waals surface area contributed by atoms with Gasteiger partial charge in [-0.05, 0) is 38.0 Å². The molecule has 0 bridgehead atoms. The Kier molecular flexibility index (Phi) is 6.48. The molecule has 2 saturated heterocycles. The highest BCUT2D eigenvalue weighted by molar-refractivity contribution is 6.73. The summed E-state index contributed by atoms with van der Waals surface area (Å²) in [6.45, 7) is 12.9. The van der Waals surface area contributed by atoms with Gasteiger partial charge in [0.05, 0.1) is 25.4 Å². The van der Waals surface area contributed by atoms with Gasteiger partial charge in [-0.15, -0.1) is 0 Å². The van der Waals surface area contributed by atoms with Crippen molar-refractivity contribution in [2.24, 2.45) is 0 Å². The largest absolute Gasteiger partial charge is 0.417 e. The lowest BCUT2D eigenvalue weighted by Gasteiger charge is -2.30. The van der Waals surface area contributed by atoms with Crippen LogP contribution in [-0.2, 0) is 13.9 Å². The zero-order chi connectivity index (χ0) is 14.4. The zero-order valence-corrected chi connectivity index (χ0v) is 14.4. The van der Waals surface area contributed by atoms with Crippen molar-refractivity contribution >= 4 is 8.32 Å². The molecule has 0 N–H and O–H groups in total. The van der Waals surface area contributed by atoms with E-state index >= 15 is 0 Å². The molecule has 4 nitrogen and oxygen atoms in total. The van der Waals surface area contributed by atoms with Crippen LogP contribution in [0.1, 0.15) is 27.2 Å². The molecule has 0 aromatic heterocycles. The van der Waals surface area contributed by atoms with Crippen molar-refractivity contribution < 1.29 is 13.9 Å². The van der Waals surface area contributed by atoms with Crippen LogP contribution in [0.2, 0.25) is 18.1 Å². The number of epoxide rings is 2. The summed E-state index contributed by atoms with van der Waals surface area (Å²) in [6.07, 6.45) is 2.23. The minimum atomic E-state index is -1.45. The van der Waals surface area contributed by atoms with Crippen LogP contribution in [0.4, 0.5) is 0 Å². The highest BCUT2D eigenvalue weighted by atomic mass is 28.4. The first-order chi connectivity index (χ1) is 9.71. The third kappa shape index (κ3) is 5.45. The van der Waals surface area contributed by atoms with Crippen LogP contribution in [-0.4, -0.2) is 64.9 Å². The van der Waals surface area contributed by atoms with E-state index in [-0.39, 0.29) is 0 Å². The third-order valence-corrected chi connectivity index (χ3v) is 9.32. The molecule has 2 rings (SSSR count). The molecule has 118 valence electrons. The lowest BCUT2D eigenvalue weighted by molar-refractivity contribution is 0.218. The number of hydrogen-bond donors (Lipinski definition) is 0. The summed E-state index contributed by atoms with van der Waals surface area (Å²) in [7, 11) is -1.45. The second-order valence-corrected chi connectivity index (χ2v) is 10.7. The maximum Gasteiger partial charge on any atom is 0.192 e. The lowest BCUT2D eigenvalue weighted by Crippen LogP contribution is -2.38. The Bertz CT molecular complexity index is 264. The fourth-order valence-electron chi connectivity index (χ4n) is 2.99. The molecule has 2 unspecified atom stereocenters. The molecule has 0 aromatic rings. The molecular weight excluding hydrogens is 270 g/mol. The molecule has 2 aliphatic heterocycles. The third-order valence-electron chi connectivity index (χ3n) is 4.57. The Hall–Kier alpha value is 0.0569. The van der Waals surface area contributed by atoms with Crippen molar-refractivity contribution in [2.45, 2.75) is 57.5 Å². The van der Waals surface area contributed by atoms with Gasteiger partial charge in [0.1, 0.15) is 0 Å². The van der Waals surface area contributed by atoms with Gasteiger partial charge in [-0.3, -0.25) is 4.90 Å². The van der Waals surface area contributed by atoms with Gasteiger partial charge in [0.25, 0.3) is 0 Å². The first kappa shape index (κ1) is 16.4. The van der Waals surface area contributed by atoms with Crippen LogP contribution in [0.15, 0.2) is 0 Å². The molecule has 0 amide bonds. The highest BCUT2D eigenvalue weighted by Gasteiger charge is 2.32. The predicted molar refractivity (Wildman–Crippen MR) is 83.7 cm³/mol.